The van der Waals surface area contributed by atoms with Crippen molar-refractivity contribution in [2.45, 2.75) is 65.8 Å². The fourth-order valence-electron chi connectivity index (χ4n) is 2.08. The van der Waals surface area contributed by atoms with E-state index in [-0.39, 0.29) is 5.92 Å². The fourth-order valence-corrected chi connectivity index (χ4v) is 2.08. The molecule has 0 saturated heterocycles. The first kappa shape index (κ1) is 15.2. The van der Waals surface area contributed by atoms with E-state index in [0.717, 1.165) is 37.5 Å². The van der Waals surface area contributed by atoms with Crippen molar-refractivity contribution in [2.24, 2.45) is 5.92 Å². The van der Waals surface area contributed by atoms with Crippen LogP contribution >= 0.6 is 0 Å². The lowest BCUT2D eigenvalue weighted by Gasteiger charge is -2.20. The molecule has 0 spiro atoms. The Morgan fingerprint density at radius 2 is 1.94 bits per heavy atom. The molecule has 0 aromatic carbocycles. The number of hydrogen-bond acceptors (Lipinski definition) is 4. The van der Waals surface area contributed by atoms with Gasteiger partial charge < -0.3 is 9.84 Å². The first-order chi connectivity index (χ1) is 8.58. The molecule has 2 unspecified atom stereocenters. The van der Waals surface area contributed by atoms with E-state index in [0.29, 0.717) is 12.0 Å². The van der Waals surface area contributed by atoms with Gasteiger partial charge in [0.15, 0.2) is 5.82 Å². The Morgan fingerprint density at radius 1 is 1.22 bits per heavy atom. The van der Waals surface area contributed by atoms with Crippen molar-refractivity contribution >= 4 is 0 Å². The summed E-state index contributed by atoms with van der Waals surface area (Å²) in [6.07, 6.45) is 3.10. The van der Waals surface area contributed by atoms with E-state index < -0.39 is 0 Å². The van der Waals surface area contributed by atoms with Crippen molar-refractivity contribution in [1.29, 1.82) is 0 Å². The molecule has 1 aromatic heterocycles. The van der Waals surface area contributed by atoms with Crippen LogP contribution in [-0.2, 0) is 6.42 Å². The fraction of sp³-hybridized carbons (Fsp3) is 0.857. The molecule has 1 heterocycles. The highest BCUT2D eigenvalue weighted by Crippen LogP contribution is 2.20. The van der Waals surface area contributed by atoms with Crippen LogP contribution in [0.5, 0.6) is 0 Å². The Balaban J connectivity index is 2.63. The van der Waals surface area contributed by atoms with Crippen molar-refractivity contribution in [2.75, 3.05) is 6.54 Å². The van der Waals surface area contributed by atoms with Gasteiger partial charge in [-0.25, -0.2) is 0 Å². The van der Waals surface area contributed by atoms with Gasteiger partial charge in [0.25, 0.3) is 0 Å². The summed E-state index contributed by atoms with van der Waals surface area (Å²) >= 11 is 0. The largest absolute Gasteiger partial charge is 0.339 e. The molecule has 0 aliphatic rings. The maximum absolute atomic E-state index is 5.39. The zero-order valence-corrected chi connectivity index (χ0v) is 12.4. The average molecular weight is 253 g/mol. The first-order valence-corrected chi connectivity index (χ1v) is 7.14. The highest BCUT2D eigenvalue weighted by Gasteiger charge is 2.22. The predicted molar refractivity (Wildman–Crippen MR) is 73.6 cm³/mol. The normalized spacial score (nSPS) is 15.0. The van der Waals surface area contributed by atoms with Gasteiger partial charge in [-0.2, -0.15) is 4.98 Å². The summed E-state index contributed by atoms with van der Waals surface area (Å²) in [7, 11) is 0. The summed E-state index contributed by atoms with van der Waals surface area (Å²) in [6.45, 7) is 11.9. The predicted octanol–water partition coefficient (Wildman–Crippen LogP) is 3.15. The Kier molecular flexibility index (Phi) is 6.33. The lowest BCUT2D eigenvalue weighted by Crippen LogP contribution is -2.33. The molecule has 1 aromatic rings. The van der Waals surface area contributed by atoms with Crippen LogP contribution in [0.25, 0.3) is 0 Å². The topological polar surface area (TPSA) is 51.0 Å². The zero-order valence-electron chi connectivity index (χ0n) is 12.4. The van der Waals surface area contributed by atoms with E-state index in [1.165, 1.54) is 0 Å². The number of nitrogens with one attached hydrogen (secondary N) is 1. The molecule has 0 aliphatic carbocycles. The van der Waals surface area contributed by atoms with Crippen LogP contribution in [-0.4, -0.2) is 22.7 Å². The summed E-state index contributed by atoms with van der Waals surface area (Å²) in [4.78, 5) is 4.51. The minimum absolute atomic E-state index is 0.273. The van der Waals surface area contributed by atoms with Crippen LogP contribution in [0, 0.1) is 5.92 Å². The minimum Gasteiger partial charge on any atom is -0.339 e. The smallest absolute Gasteiger partial charge is 0.231 e. The van der Waals surface area contributed by atoms with Gasteiger partial charge in [0, 0.05) is 12.5 Å². The molecule has 18 heavy (non-hydrogen) atoms. The van der Waals surface area contributed by atoms with Crippen molar-refractivity contribution < 1.29 is 4.52 Å². The molecule has 0 aliphatic heterocycles. The van der Waals surface area contributed by atoms with Crippen molar-refractivity contribution in [3.05, 3.63) is 11.7 Å². The Bertz CT molecular complexity index is 336. The molecule has 1 rings (SSSR count). The molecule has 4 heteroatoms. The second-order valence-electron chi connectivity index (χ2n) is 5.40. The molecule has 1 N–H and O–H groups in total. The Hall–Kier alpha value is -0.900. The van der Waals surface area contributed by atoms with E-state index in [1.807, 2.05) is 0 Å². The SMILES string of the molecule is CCCNC(CC)C(C)c1nc(CC(C)C)no1. The molecule has 4 nitrogen and oxygen atoms in total. The molecule has 0 amide bonds. The molecule has 0 bridgehead atoms. The van der Waals surface area contributed by atoms with Gasteiger partial charge in [0.2, 0.25) is 5.89 Å². The monoisotopic (exact) mass is 253 g/mol. The second kappa shape index (κ2) is 7.52. The third-order valence-electron chi connectivity index (χ3n) is 3.16. The summed E-state index contributed by atoms with van der Waals surface area (Å²) in [5.74, 6) is 2.43. The van der Waals surface area contributed by atoms with Gasteiger partial charge in [-0.1, -0.05) is 39.8 Å². The summed E-state index contributed by atoms with van der Waals surface area (Å²) in [5.41, 5.74) is 0. The molecule has 0 radical (unpaired) electrons. The van der Waals surface area contributed by atoms with E-state index in [9.17, 15) is 0 Å². The maximum atomic E-state index is 5.39. The number of rotatable bonds is 8. The van der Waals surface area contributed by atoms with Gasteiger partial charge >= 0.3 is 0 Å². The van der Waals surface area contributed by atoms with Crippen LogP contribution in [0.3, 0.4) is 0 Å². The highest BCUT2D eigenvalue weighted by molar-refractivity contribution is 4.97. The third-order valence-corrected chi connectivity index (χ3v) is 3.16. The van der Waals surface area contributed by atoms with Gasteiger partial charge in [0.1, 0.15) is 0 Å². The lowest BCUT2D eigenvalue weighted by molar-refractivity contribution is 0.317. The standard InChI is InChI=1S/C14H27N3O/c1-6-8-15-12(7-2)11(5)14-16-13(17-18-14)9-10(3)4/h10-12,15H,6-9H2,1-5H3. The van der Waals surface area contributed by atoms with E-state index in [1.54, 1.807) is 0 Å². The highest BCUT2D eigenvalue weighted by atomic mass is 16.5. The first-order valence-electron chi connectivity index (χ1n) is 7.14. The second-order valence-corrected chi connectivity index (χ2v) is 5.40. The number of hydrogen-bond donors (Lipinski definition) is 1. The lowest BCUT2D eigenvalue weighted by atomic mass is 9.99. The molecule has 104 valence electrons. The van der Waals surface area contributed by atoms with E-state index in [2.05, 4.69) is 50.1 Å². The van der Waals surface area contributed by atoms with E-state index >= 15 is 0 Å². The van der Waals surface area contributed by atoms with Crippen LogP contribution in [0.15, 0.2) is 4.52 Å². The van der Waals surface area contributed by atoms with Crippen molar-refractivity contribution in [3.8, 4) is 0 Å². The molecule has 0 saturated carbocycles. The molecule has 2 atom stereocenters. The molecule has 0 fully saturated rings. The van der Waals surface area contributed by atoms with Gasteiger partial charge in [-0.15, -0.1) is 0 Å². The summed E-state index contributed by atoms with van der Waals surface area (Å²) < 4.78 is 5.39. The Morgan fingerprint density at radius 3 is 2.50 bits per heavy atom. The molecular formula is C14H27N3O. The summed E-state index contributed by atoms with van der Waals surface area (Å²) in [6, 6.07) is 0.414. The van der Waals surface area contributed by atoms with Crippen LogP contribution in [0.2, 0.25) is 0 Å². The van der Waals surface area contributed by atoms with Crippen LogP contribution < -0.4 is 5.32 Å². The Labute approximate surface area is 111 Å². The molecular weight excluding hydrogens is 226 g/mol. The quantitative estimate of drug-likeness (QED) is 0.773. The van der Waals surface area contributed by atoms with Crippen molar-refractivity contribution in [1.82, 2.24) is 15.5 Å². The van der Waals surface area contributed by atoms with E-state index in [4.69, 9.17) is 4.52 Å². The van der Waals surface area contributed by atoms with Gasteiger partial charge in [-0.3, -0.25) is 0 Å². The van der Waals surface area contributed by atoms with Crippen LogP contribution in [0.1, 0.15) is 65.1 Å². The number of nitrogens with zero attached hydrogens (tertiary/aromatic N) is 2. The van der Waals surface area contributed by atoms with Gasteiger partial charge in [-0.05, 0) is 25.3 Å². The summed E-state index contributed by atoms with van der Waals surface area (Å²) in [5, 5.41) is 7.60. The van der Waals surface area contributed by atoms with Crippen LogP contribution in [0.4, 0.5) is 0 Å². The van der Waals surface area contributed by atoms with Gasteiger partial charge in [0.05, 0.1) is 5.92 Å². The minimum atomic E-state index is 0.273. The number of aromatic nitrogens is 2. The zero-order chi connectivity index (χ0) is 13.5. The van der Waals surface area contributed by atoms with Crippen molar-refractivity contribution in [3.63, 3.8) is 0 Å². The maximum Gasteiger partial charge on any atom is 0.231 e. The third kappa shape index (κ3) is 4.41. The average Bonchev–Trinajstić information content (AvgIpc) is 2.77.